The zero-order valence-corrected chi connectivity index (χ0v) is 12.5. The molecule has 1 atom stereocenters. The molecule has 2 aromatic rings. The van der Waals surface area contributed by atoms with Gasteiger partial charge in [-0.15, -0.1) is 0 Å². The lowest BCUT2D eigenvalue weighted by Crippen LogP contribution is -2.32. The van der Waals surface area contributed by atoms with Crippen LogP contribution < -0.4 is 10.9 Å². The molecule has 0 saturated carbocycles. The third kappa shape index (κ3) is 3.41. The number of hydrogen-bond acceptors (Lipinski definition) is 3. The van der Waals surface area contributed by atoms with Crippen LogP contribution in [0.1, 0.15) is 30.5 Å². The lowest BCUT2D eigenvalue weighted by molar-refractivity contribution is -0.119. The number of aromatic nitrogens is 1. The molecule has 1 heterocycles. The monoisotopic (exact) mass is 295 g/mol. The number of nitrogens with zero attached hydrogens (tertiary/aromatic N) is 2. The molecule has 2 rings (SSSR count). The Labute approximate surface area is 128 Å². The molecule has 0 bridgehead atoms. The average molecular weight is 295 g/mol. The van der Waals surface area contributed by atoms with Gasteiger partial charge in [-0.1, -0.05) is 13.0 Å². The van der Waals surface area contributed by atoms with Gasteiger partial charge in [-0.3, -0.25) is 9.59 Å². The highest BCUT2D eigenvalue weighted by Gasteiger charge is 2.19. The minimum absolute atomic E-state index is 0.201. The number of benzene rings is 1. The van der Waals surface area contributed by atoms with E-state index >= 15 is 0 Å². The van der Waals surface area contributed by atoms with Gasteiger partial charge in [-0.2, -0.15) is 5.26 Å². The maximum absolute atomic E-state index is 12.4. The van der Waals surface area contributed by atoms with Crippen molar-refractivity contribution >= 4 is 11.6 Å². The molecule has 0 aliphatic carbocycles. The number of carbonyl (C=O) groups excluding carboxylic acids is 1. The molecule has 0 radical (unpaired) electrons. The highest BCUT2D eigenvalue weighted by Crippen LogP contribution is 2.15. The number of anilines is 1. The highest BCUT2D eigenvalue weighted by atomic mass is 16.2. The van der Waals surface area contributed by atoms with Crippen molar-refractivity contribution in [3.63, 3.8) is 0 Å². The van der Waals surface area contributed by atoms with Crippen molar-refractivity contribution in [3.05, 3.63) is 64.1 Å². The van der Waals surface area contributed by atoms with Crippen LogP contribution in [0.2, 0.25) is 0 Å². The minimum Gasteiger partial charge on any atom is -0.324 e. The first kappa shape index (κ1) is 15.5. The van der Waals surface area contributed by atoms with E-state index in [-0.39, 0.29) is 11.5 Å². The highest BCUT2D eigenvalue weighted by molar-refractivity contribution is 5.93. The summed E-state index contributed by atoms with van der Waals surface area (Å²) >= 11 is 0. The van der Waals surface area contributed by atoms with Crippen molar-refractivity contribution in [3.8, 4) is 6.07 Å². The third-order valence-corrected chi connectivity index (χ3v) is 3.39. The van der Waals surface area contributed by atoms with Crippen molar-refractivity contribution < 1.29 is 4.79 Å². The topological polar surface area (TPSA) is 74.9 Å². The SMILES string of the molecule is CCC(C(=O)Nc1cccc(C#N)c1)n1ccc(C)cc1=O. The Morgan fingerprint density at radius 1 is 1.36 bits per heavy atom. The summed E-state index contributed by atoms with van der Waals surface area (Å²) in [5.41, 5.74) is 1.67. The molecule has 0 aliphatic heterocycles. The van der Waals surface area contributed by atoms with Gasteiger partial charge < -0.3 is 9.88 Å². The second-order valence-electron chi connectivity index (χ2n) is 5.06. The van der Waals surface area contributed by atoms with E-state index in [1.54, 1.807) is 36.5 Å². The quantitative estimate of drug-likeness (QED) is 0.942. The lowest BCUT2D eigenvalue weighted by atomic mass is 10.1. The van der Waals surface area contributed by atoms with Crippen LogP contribution in [0.5, 0.6) is 0 Å². The zero-order valence-electron chi connectivity index (χ0n) is 12.5. The molecular weight excluding hydrogens is 278 g/mol. The Hall–Kier alpha value is -2.87. The number of carbonyl (C=O) groups is 1. The number of pyridine rings is 1. The van der Waals surface area contributed by atoms with Crippen molar-refractivity contribution in [2.24, 2.45) is 0 Å². The molecule has 0 saturated heterocycles. The van der Waals surface area contributed by atoms with Crippen LogP contribution in [-0.2, 0) is 4.79 Å². The number of nitriles is 1. The maximum atomic E-state index is 12.4. The summed E-state index contributed by atoms with van der Waals surface area (Å²) in [6.45, 7) is 3.68. The van der Waals surface area contributed by atoms with Crippen LogP contribution in [-0.4, -0.2) is 10.5 Å². The van der Waals surface area contributed by atoms with E-state index in [1.807, 2.05) is 19.9 Å². The molecular formula is C17H17N3O2. The summed E-state index contributed by atoms with van der Waals surface area (Å²) in [5, 5.41) is 11.6. The second-order valence-corrected chi connectivity index (χ2v) is 5.06. The second kappa shape index (κ2) is 6.72. The minimum atomic E-state index is -0.584. The Morgan fingerprint density at radius 2 is 2.14 bits per heavy atom. The van der Waals surface area contributed by atoms with E-state index in [0.717, 1.165) is 5.56 Å². The van der Waals surface area contributed by atoms with Crippen molar-refractivity contribution in [1.29, 1.82) is 5.26 Å². The van der Waals surface area contributed by atoms with Gasteiger partial charge in [0.25, 0.3) is 5.56 Å². The number of hydrogen-bond donors (Lipinski definition) is 1. The number of amides is 1. The van der Waals surface area contributed by atoms with Crippen molar-refractivity contribution in [1.82, 2.24) is 4.57 Å². The number of aryl methyl sites for hydroxylation is 1. The van der Waals surface area contributed by atoms with E-state index < -0.39 is 6.04 Å². The predicted molar refractivity (Wildman–Crippen MR) is 84.6 cm³/mol. The number of rotatable bonds is 4. The van der Waals surface area contributed by atoms with Crippen LogP contribution in [0.4, 0.5) is 5.69 Å². The molecule has 1 unspecified atom stereocenters. The zero-order chi connectivity index (χ0) is 16.1. The van der Waals surface area contributed by atoms with Crippen molar-refractivity contribution in [2.45, 2.75) is 26.3 Å². The molecule has 5 heteroatoms. The largest absolute Gasteiger partial charge is 0.324 e. The maximum Gasteiger partial charge on any atom is 0.251 e. The first-order valence-electron chi connectivity index (χ1n) is 7.05. The van der Waals surface area contributed by atoms with E-state index in [0.29, 0.717) is 17.7 Å². The van der Waals surface area contributed by atoms with E-state index in [9.17, 15) is 9.59 Å². The first-order valence-corrected chi connectivity index (χ1v) is 7.05. The summed E-state index contributed by atoms with van der Waals surface area (Å²) in [6, 6.07) is 11.4. The molecule has 1 N–H and O–H groups in total. The van der Waals surface area contributed by atoms with Gasteiger partial charge in [0.1, 0.15) is 6.04 Å². The van der Waals surface area contributed by atoms with Gasteiger partial charge in [-0.25, -0.2) is 0 Å². The van der Waals surface area contributed by atoms with Crippen LogP contribution in [0.15, 0.2) is 47.4 Å². The Kier molecular flexibility index (Phi) is 4.74. The summed E-state index contributed by atoms with van der Waals surface area (Å²) in [6.07, 6.45) is 2.13. The van der Waals surface area contributed by atoms with E-state index in [2.05, 4.69) is 5.32 Å². The van der Waals surface area contributed by atoms with E-state index in [1.165, 1.54) is 10.6 Å². The molecule has 0 spiro atoms. The molecule has 22 heavy (non-hydrogen) atoms. The molecule has 1 amide bonds. The summed E-state index contributed by atoms with van der Waals surface area (Å²) in [4.78, 5) is 24.5. The molecule has 1 aromatic carbocycles. The van der Waals surface area contributed by atoms with Gasteiger partial charge in [0, 0.05) is 18.0 Å². The van der Waals surface area contributed by atoms with Crippen LogP contribution in [0, 0.1) is 18.3 Å². The lowest BCUT2D eigenvalue weighted by Gasteiger charge is -2.18. The number of nitrogens with one attached hydrogen (secondary N) is 1. The van der Waals surface area contributed by atoms with Crippen LogP contribution in [0.25, 0.3) is 0 Å². The van der Waals surface area contributed by atoms with E-state index in [4.69, 9.17) is 5.26 Å². The molecule has 0 aliphatic rings. The van der Waals surface area contributed by atoms with Gasteiger partial charge in [0.05, 0.1) is 11.6 Å². The third-order valence-electron chi connectivity index (χ3n) is 3.39. The van der Waals surface area contributed by atoms with Gasteiger partial charge in [0.15, 0.2) is 0 Å². The molecule has 5 nitrogen and oxygen atoms in total. The van der Waals surface area contributed by atoms with Gasteiger partial charge >= 0.3 is 0 Å². The average Bonchev–Trinajstić information content (AvgIpc) is 2.50. The summed E-state index contributed by atoms with van der Waals surface area (Å²) < 4.78 is 1.43. The Bertz CT molecular complexity index is 787. The fraction of sp³-hybridized carbons (Fsp3) is 0.235. The smallest absolute Gasteiger partial charge is 0.251 e. The van der Waals surface area contributed by atoms with Crippen LogP contribution in [0.3, 0.4) is 0 Å². The Morgan fingerprint density at radius 3 is 2.77 bits per heavy atom. The summed E-state index contributed by atoms with van der Waals surface area (Å²) in [5.74, 6) is -0.274. The Balaban J connectivity index is 2.25. The van der Waals surface area contributed by atoms with Crippen LogP contribution >= 0.6 is 0 Å². The molecule has 112 valence electrons. The van der Waals surface area contributed by atoms with Gasteiger partial charge in [-0.05, 0) is 43.2 Å². The summed E-state index contributed by atoms with van der Waals surface area (Å²) in [7, 11) is 0. The normalized spacial score (nSPS) is 11.5. The fourth-order valence-corrected chi connectivity index (χ4v) is 2.25. The predicted octanol–water partition coefficient (Wildman–Crippen LogP) is 2.62. The van der Waals surface area contributed by atoms with Crippen molar-refractivity contribution in [2.75, 3.05) is 5.32 Å². The molecule has 1 aromatic heterocycles. The first-order chi connectivity index (χ1) is 10.5. The fourth-order valence-electron chi connectivity index (χ4n) is 2.25. The molecule has 0 fully saturated rings. The van der Waals surface area contributed by atoms with Gasteiger partial charge in [0.2, 0.25) is 5.91 Å². The standard InChI is InChI=1S/C17H17N3O2/c1-3-15(20-8-7-12(2)9-16(20)21)17(22)19-14-6-4-5-13(10-14)11-18/h4-10,15H,3H2,1-2H3,(H,19,22).